The van der Waals surface area contributed by atoms with Crippen molar-refractivity contribution in [1.29, 1.82) is 0 Å². The molecule has 3 aromatic carbocycles. The Morgan fingerprint density at radius 3 is 2.48 bits per heavy atom. The smallest absolute Gasteiger partial charge is 0.261 e. The highest BCUT2D eigenvalue weighted by Gasteiger charge is 2.13. The van der Waals surface area contributed by atoms with Crippen LogP contribution in [0.3, 0.4) is 0 Å². The van der Waals surface area contributed by atoms with E-state index in [1.165, 1.54) is 11.1 Å². The Hall–Kier alpha value is -3.15. The molecule has 4 aromatic rings. The Bertz CT molecular complexity index is 1330. The average Bonchev–Trinajstić information content (AvgIpc) is 2.80. The normalized spacial score (nSPS) is 11.2. The maximum Gasteiger partial charge on any atom is 0.261 e. The van der Waals surface area contributed by atoms with E-state index < -0.39 is 0 Å². The Balaban J connectivity index is 1.46. The number of hydrogen-bond donors (Lipinski definition) is 0. The van der Waals surface area contributed by atoms with Gasteiger partial charge in [0, 0.05) is 10.6 Å². The fourth-order valence-electron chi connectivity index (χ4n) is 3.81. The van der Waals surface area contributed by atoms with E-state index in [1.54, 1.807) is 22.8 Å². The molecule has 0 bridgehead atoms. The molecule has 0 fully saturated rings. The summed E-state index contributed by atoms with van der Waals surface area (Å²) < 4.78 is 13.4. The molecule has 0 atom stereocenters. The van der Waals surface area contributed by atoms with Gasteiger partial charge in [0.2, 0.25) is 0 Å². The van der Waals surface area contributed by atoms with Gasteiger partial charge in [0.05, 0.1) is 30.7 Å². The molecule has 0 radical (unpaired) electrons. The predicted molar refractivity (Wildman–Crippen MR) is 133 cm³/mol. The van der Waals surface area contributed by atoms with Crippen LogP contribution in [0.15, 0.2) is 65.5 Å². The topological polar surface area (TPSA) is 53.4 Å². The molecule has 0 N–H and O–H groups in total. The first-order valence-electron chi connectivity index (χ1n) is 11.0. The highest BCUT2D eigenvalue weighted by atomic mass is 35.5. The van der Waals surface area contributed by atoms with Gasteiger partial charge >= 0.3 is 0 Å². The van der Waals surface area contributed by atoms with Crippen molar-refractivity contribution in [3.63, 3.8) is 0 Å². The quantitative estimate of drug-likeness (QED) is 0.313. The molecule has 4 rings (SSSR count). The van der Waals surface area contributed by atoms with Crippen LogP contribution >= 0.6 is 11.6 Å². The summed E-state index contributed by atoms with van der Waals surface area (Å²) in [6.07, 6.45) is 0. The van der Waals surface area contributed by atoms with Crippen LogP contribution in [0.5, 0.6) is 5.75 Å². The van der Waals surface area contributed by atoms with Gasteiger partial charge in [-0.25, -0.2) is 4.98 Å². The summed E-state index contributed by atoms with van der Waals surface area (Å²) in [6, 6.07) is 18.9. The summed E-state index contributed by atoms with van der Waals surface area (Å²) in [6.45, 7) is 7.83. The van der Waals surface area contributed by atoms with Crippen molar-refractivity contribution in [2.24, 2.45) is 0 Å². The van der Waals surface area contributed by atoms with Crippen molar-refractivity contribution in [3.05, 3.63) is 92.7 Å². The van der Waals surface area contributed by atoms with E-state index >= 15 is 0 Å². The first-order valence-corrected chi connectivity index (χ1v) is 11.4. The number of nitrogens with zero attached hydrogens (tertiary/aromatic N) is 2. The maximum atomic E-state index is 13.2. The molecule has 6 heteroatoms. The molecule has 0 unspecified atom stereocenters. The highest BCUT2D eigenvalue weighted by Crippen LogP contribution is 2.23. The number of ether oxygens (including phenoxy) is 2. The molecular weight excluding hydrogens is 436 g/mol. The van der Waals surface area contributed by atoms with E-state index in [4.69, 9.17) is 26.1 Å². The second-order valence-corrected chi connectivity index (χ2v) is 8.52. The minimum atomic E-state index is -0.0868. The highest BCUT2D eigenvalue weighted by molar-refractivity contribution is 6.30. The second kappa shape index (κ2) is 10.2. The third-order valence-corrected chi connectivity index (χ3v) is 5.92. The number of rotatable bonds is 8. The Labute approximate surface area is 198 Å². The van der Waals surface area contributed by atoms with Crippen LogP contribution in [-0.4, -0.2) is 29.4 Å². The van der Waals surface area contributed by atoms with Crippen molar-refractivity contribution in [3.8, 4) is 17.1 Å². The number of benzene rings is 3. The maximum absolute atomic E-state index is 13.2. The standard InChI is InChI=1S/C27H27ClN2O3/c1-18-16-19(2)20(3)25(17-18)33-15-14-32-13-12-30-26(21-8-10-22(28)11-9-21)29-24-7-5-4-6-23(24)27(30)31/h4-11,16-17H,12-15H2,1-3H3. The molecule has 170 valence electrons. The molecule has 0 amide bonds. The molecule has 5 nitrogen and oxygen atoms in total. The zero-order valence-corrected chi connectivity index (χ0v) is 19.9. The SMILES string of the molecule is Cc1cc(C)c(C)c(OCCOCCn2c(-c3ccc(Cl)cc3)nc3ccccc3c2=O)c1. The van der Waals surface area contributed by atoms with E-state index in [0.29, 0.717) is 48.1 Å². The number of aromatic nitrogens is 2. The van der Waals surface area contributed by atoms with Gasteiger partial charge in [-0.15, -0.1) is 0 Å². The van der Waals surface area contributed by atoms with Gasteiger partial charge in [0.1, 0.15) is 18.2 Å². The van der Waals surface area contributed by atoms with Crippen LogP contribution in [0.4, 0.5) is 0 Å². The van der Waals surface area contributed by atoms with E-state index in [0.717, 1.165) is 16.9 Å². The first kappa shape index (κ1) is 23.0. The third kappa shape index (κ3) is 5.27. The molecule has 0 aliphatic carbocycles. The van der Waals surface area contributed by atoms with Crippen LogP contribution < -0.4 is 10.3 Å². The van der Waals surface area contributed by atoms with Gasteiger partial charge in [-0.2, -0.15) is 0 Å². The second-order valence-electron chi connectivity index (χ2n) is 8.08. The van der Waals surface area contributed by atoms with Crippen molar-refractivity contribution in [1.82, 2.24) is 9.55 Å². The van der Waals surface area contributed by atoms with Crippen molar-refractivity contribution in [2.75, 3.05) is 19.8 Å². The lowest BCUT2D eigenvalue weighted by Crippen LogP contribution is -2.26. The molecule has 0 saturated heterocycles. The number of fused-ring (bicyclic) bond motifs is 1. The predicted octanol–water partition coefficient (Wildman–Crippen LogP) is 5.74. The summed E-state index contributed by atoms with van der Waals surface area (Å²) >= 11 is 6.05. The summed E-state index contributed by atoms with van der Waals surface area (Å²) in [4.78, 5) is 18.0. The van der Waals surface area contributed by atoms with Crippen LogP contribution in [-0.2, 0) is 11.3 Å². The van der Waals surface area contributed by atoms with Crippen LogP contribution in [0, 0.1) is 20.8 Å². The average molecular weight is 463 g/mol. The monoisotopic (exact) mass is 462 g/mol. The number of halogens is 1. The number of aryl methyl sites for hydroxylation is 2. The van der Waals surface area contributed by atoms with Crippen LogP contribution in [0.25, 0.3) is 22.3 Å². The lowest BCUT2D eigenvalue weighted by molar-refractivity contribution is 0.0938. The molecule has 0 aliphatic rings. The Morgan fingerprint density at radius 1 is 0.939 bits per heavy atom. The summed E-state index contributed by atoms with van der Waals surface area (Å²) in [7, 11) is 0. The van der Waals surface area contributed by atoms with Gasteiger partial charge in [-0.05, 0) is 79.9 Å². The van der Waals surface area contributed by atoms with Gasteiger partial charge in [-0.3, -0.25) is 9.36 Å². The molecule has 33 heavy (non-hydrogen) atoms. The van der Waals surface area contributed by atoms with Crippen molar-refractivity contribution >= 4 is 22.5 Å². The Kier molecular flexibility index (Phi) is 7.11. The van der Waals surface area contributed by atoms with Crippen molar-refractivity contribution in [2.45, 2.75) is 27.3 Å². The van der Waals surface area contributed by atoms with E-state index in [2.05, 4.69) is 26.8 Å². The zero-order chi connectivity index (χ0) is 23.4. The first-order chi connectivity index (χ1) is 15.9. The van der Waals surface area contributed by atoms with E-state index in [1.807, 2.05) is 36.4 Å². The largest absolute Gasteiger partial charge is 0.491 e. The van der Waals surface area contributed by atoms with Crippen LogP contribution in [0.1, 0.15) is 16.7 Å². The molecular formula is C27H27ClN2O3. The summed E-state index contributed by atoms with van der Waals surface area (Å²) in [5, 5.41) is 1.22. The van der Waals surface area contributed by atoms with Crippen molar-refractivity contribution < 1.29 is 9.47 Å². The molecule has 1 heterocycles. The van der Waals surface area contributed by atoms with Gasteiger partial charge in [-0.1, -0.05) is 29.8 Å². The molecule has 0 spiro atoms. The molecule has 0 aliphatic heterocycles. The van der Waals surface area contributed by atoms with Gasteiger partial charge in [0.25, 0.3) is 5.56 Å². The fourth-order valence-corrected chi connectivity index (χ4v) is 3.94. The zero-order valence-electron chi connectivity index (χ0n) is 19.1. The number of hydrogen-bond acceptors (Lipinski definition) is 4. The summed E-state index contributed by atoms with van der Waals surface area (Å²) in [5.74, 6) is 1.48. The van der Waals surface area contributed by atoms with E-state index in [-0.39, 0.29) is 5.56 Å². The minimum absolute atomic E-state index is 0.0868. The van der Waals surface area contributed by atoms with Gasteiger partial charge in [0.15, 0.2) is 0 Å². The number of para-hydroxylation sites is 1. The lowest BCUT2D eigenvalue weighted by Gasteiger charge is -2.15. The fraction of sp³-hybridized carbons (Fsp3) is 0.259. The summed E-state index contributed by atoms with van der Waals surface area (Å²) in [5.41, 5.74) is 4.94. The van der Waals surface area contributed by atoms with E-state index in [9.17, 15) is 4.79 Å². The molecule has 0 saturated carbocycles. The third-order valence-electron chi connectivity index (χ3n) is 5.67. The molecule has 1 aromatic heterocycles. The Morgan fingerprint density at radius 2 is 1.70 bits per heavy atom. The minimum Gasteiger partial charge on any atom is -0.491 e. The van der Waals surface area contributed by atoms with Gasteiger partial charge < -0.3 is 9.47 Å². The van der Waals surface area contributed by atoms with Crippen LogP contribution in [0.2, 0.25) is 5.02 Å². The lowest BCUT2D eigenvalue weighted by atomic mass is 10.1.